The van der Waals surface area contributed by atoms with E-state index in [-0.39, 0.29) is 22.9 Å². The van der Waals surface area contributed by atoms with Crippen molar-refractivity contribution in [2.24, 2.45) is 5.92 Å². The Bertz CT molecular complexity index is 709. The van der Waals surface area contributed by atoms with E-state index in [1.54, 1.807) is 24.3 Å². The molecule has 1 fully saturated rings. The van der Waals surface area contributed by atoms with Gasteiger partial charge in [-0.25, -0.2) is 0 Å². The Kier molecular flexibility index (Phi) is 3.72. The lowest BCUT2D eigenvalue weighted by Crippen LogP contribution is -2.15. The van der Waals surface area contributed by atoms with Crippen LogP contribution < -0.4 is 5.56 Å². The highest BCUT2D eigenvalue weighted by Crippen LogP contribution is 2.37. The summed E-state index contributed by atoms with van der Waals surface area (Å²) in [6, 6.07) is 6.77. The van der Waals surface area contributed by atoms with Crippen LogP contribution in [0.2, 0.25) is 5.02 Å². The Morgan fingerprint density at radius 1 is 1.29 bits per heavy atom. The third-order valence-corrected chi connectivity index (χ3v) is 4.39. The van der Waals surface area contributed by atoms with Gasteiger partial charge in [0, 0.05) is 10.9 Å². The SMILES string of the molecule is CC1CCC(c2nc(O)c(-c3ccc(Cl)cc3)c(=O)[nH]2)C1. The van der Waals surface area contributed by atoms with Crippen LogP contribution in [0, 0.1) is 5.92 Å². The maximum Gasteiger partial charge on any atom is 0.262 e. The minimum Gasteiger partial charge on any atom is -0.493 e. The van der Waals surface area contributed by atoms with E-state index in [2.05, 4.69) is 16.9 Å². The molecule has 0 spiro atoms. The van der Waals surface area contributed by atoms with Gasteiger partial charge in [-0.15, -0.1) is 0 Å². The van der Waals surface area contributed by atoms with E-state index in [1.807, 2.05) is 0 Å². The summed E-state index contributed by atoms with van der Waals surface area (Å²) in [4.78, 5) is 19.3. The second kappa shape index (κ2) is 5.53. The van der Waals surface area contributed by atoms with E-state index in [4.69, 9.17) is 11.6 Å². The van der Waals surface area contributed by atoms with Crippen molar-refractivity contribution < 1.29 is 5.11 Å². The highest BCUT2D eigenvalue weighted by molar-refractivity contribution is 6.30. The lowest BCUT2D eigenvalue weighted by atomic mass is 10.0. The van der Waals surface area contributed by atoms with Gasteiger partial charge >= 0.3 is 0 Å². The number of rotatable bonds is 2. The normalized spacial score (nSPS) is 21.6. The third kappa shape index (κ3) is 2.81. The second-order valence-electron chi connectivity index (χ2n) is 5.77. The molecule has 1 aromatic heterocycles. The first-order valence-electron chi connectivity index (χ1n) is 7.13. The molecule has 1 heterocycles. The summed E-state index contributed by atoms with van der Waals surface area (Å²) < 4.78 is 0. The van der Waals surface area contributed by atoms with Gasteiger partial charge in [0.2, 0.25) is 5.88 Å². The van der Waals surface area contributed by atoms with Gasteiger partial charge in [0.05, 0.1) is 0 Å². The quantitative estimate of drug-likeness (QED) is 0.889. The average molecular weight is 305 g/mol. The number of halogens is 1. The molecule has 1 aliphatic rings. The van der Waals surface area contributed by atoms with Gasteiger partial charge in [0.1, 0.15) is 11.4 Å². The van der Waals surface area contributed by atoms with Crippen molar-refractivity contribution in [3.05, 3.63) is 45.5 Å². The Labute approximate surface area is 127 Å². The maximum absolute atomic E-state index is 12.3. The molecule has 21 heavy (non-hydrogen) atoms. The molecule has 2 atom stereocenters. The number of aromatic hydroxyl groups is 1. The van der Waals surface area contributed by atoms with Crippen molar-refractivity contribution >= 4 is 11.6 Å². The molecule has 0 aliphatic heterocycles. The second-order valence-corrected chi connectivity index (χ2v) is 6.21. The summed E-state index contributed by atoms with van der Waals surface area (Å²) in [7, 11) is 0. The maximum atomic E-state index is 12.3. The van der Waals surface area contributed by atoms with Crippen LogP contribution in [0.3, 0.4) is 0 Å². The zero-order valence-corrected chi connectivity index (χ0v) is 12.5. The van der Waals surface area contributed by atoms with Gasteiger partial charge in [-0.05, 0) is 42.9 Å². The van der Waals surface area contributed by atoms with Gasteiger partial charge in [-0.2, -0.15) is 4.98 Å². The fraction of sp³-hybridized carbons (Fsp3) is 0.375. The molecule has 0 saturated heterocycles. The molecule has 1 aromatic carbocycles. The zero-order valence-electron chi connectivity index (χ0n) is 11.8. The number of hydrogen-bond acceptors (Lipinski definition) is 3. The van der Waals surface area contributed by atoms with Gasteiger partial charge in [-0.3, -0.25) is 4.79 Å². The summed E-state index contributed by atoms with van der Waals surface area (Å²) in [6.45, 7) is 2.19. The van der Waals surface area contributed by atoms with Crippen molar-refractivity contribution in [1.29, 1.82) is 0 Å². The standard InChI is InChI=1S/C16H17ClN2O2/c1-9-2-3-11(8-9)14-18-15(20)13(16(21)19-14)10-4-6-12(17)7-5-10/h4-7,9,11H,2-3,8H2,1H3,(H2,18,19,20,21). The van der Waals surface area contributed by atoms with Crippen molar-refractivity contribution in [1.82, 2.24) is 9.97 Å². The van der Waals surface area contributed by atoms with Crippen LogP contribution in [0.1, 0.15) is 37.9 Å². The first-order valence-corrected chi connectivity index (χ1v) is 7.51. The average Bonchev–Trinajstić information content (AvgIpc) is 2.87. The summed E-state index contributed by atoms with van der Waals surface area (Å²) >= 11 is 5.84. The smallest absolute Gasteiger partial charge is 0.262 e. The van der Waals surface area contributed by atoms with Crippen molar-refractivity contribution in [3.8, 4) is 17.0 Å². The lowest BCUT2D eigenvalue weighted by molar-refractivity contribution is 0.445. The molecule has 0 amide bonds. The largest absolute Gasteiger partial charge is 0.493 e. The van der Waals surface area contributed by atoms with Gasteiger partial charge < -0.3 is 10.1 Å². The molecule has 1 aliphatic carbocycles. The van der Waals surface area contributed by atoms with E-state index in [0.717, 1.165) is 19.3 Å². The summed E-state index contributed by atoms with van der Waals surface area (Å²) in [5, 5.41) is 10.7. The summed E-state index contributed by atoms with van der Waals surface area (Å²) in [5.74, 6) is 1.26. The van der Waals surface area contributed by atoms with E-state index >= 15 is 0 Å². The molecular weight excluding hydrogens is 288 g/mol. The molecule has 3 rings (SSSR count). The van der Waals surface area contributed by atoms with Gasteiger partial charge in [0.15, 0.2) is 0 Å². The van der Waals surface area contributed by atoms with Crippen LogP contribution in [-0.4, -0.2) is 15.1 Å². The molecule has 2 aromatic rings. The number of nitrogens with one attached hydrogen (secondary N) is 1. The van der Waals surface area contributed by atoms with Crippen LogP contribution in [0.5, 0.6) is 5.88 Å². The number of benzene rings is 1. The minimum absolute atomic E-state index is 0.196. The fourth-order valence-electron chi connectivity index (χ4n) is 3.00. The number of nitrogens with zero attached hydrogens (tertiary/aromatic N) is 1. The molecule has 5 heteroatoms. The molecule has 4 nitrogen and oxygen atoms in total. The number of aromatic nitrogens is 2. The summed E-state index contributed by atoms with van der Waals surface area (Å²) in [6.07, 6.45) is 3.14. The van der Waals surface area contributed by atoms with Crippen molar-refractivity contribution in [2.75, 3.05) is 0 Å². The van der Waals surface area contributed by atoms with Crippen LogP contribution in [0.25, 0.3) is 11.1 Å². The predicted octanol–water partition coefficient (Wildman–Crippen LogP) is 3.70. The van der Waals surface area contributed by atoms with Crippen LogP contribution in [0.4, 0.5) is 0 Å². The highest BCUT2D eigenvalue weighted by Gasteiger charge is 2.26. The Morgan fingerprint density at radius 3 is 2.57 bits per heavy atom. The lowest BCUT2D eigenvalue weighted by Gasteiger charge is -2.11. The molecular formula is C16H17ClN2O2. The first kappa shape index (κ1) is 14.1. The van der Waals surface area contributed by atoms with Gasteiger partial charge in [-0.1, -0.05) is 30.7 Å². The number of H-pyrrole nitrogens is 1. The number of hydrogen-bond donors (Lipinski definition) is 2. The fourth-order valence-corrected chi connectivity index (χ4v) is 3.13. The minimum atomic E-state index is -0.306. The molecule has 2 unspecified atom stereocenters. The van der Waals surface area contributed by atoms with Crippen molar-refractivity contribution in [3.63, 3.8) is 0 Å². The Morgan fingerprint density at radius 2 is 2.00 bits per heavy atom. The molecule has 0 radical (unpaired) electrons. The molecule has 2 N–H and O–H groups in total. The van der Waals surface area contributed by atoms with E-state index in [9.17, 15) is 9.90 Å². The van der Waals surface area contributed by atoms with Crippen molar-refractivity contribution in [2.45, 2.75) is 32.1 Å². The van der Waals surface area contributed by atoms with Crippen LogP contribution in [0.15, 0.2) is 29.1 Å². The van der Waals surface area contributed by atoms with Gasteiger partial charge in [0.25, 0.3) is 5.56 Å². The molecule has 1 saturated carbocycles. The summed E-state index contributed by atoms with van der Waals surface area (Å²) in [5.41, 5.74) is 0.498. The van der Waals surface area contributed by atoms with Crippen LogP contribution in [-0.2, 0) is 0 Å². The highest BCUT2D eigenvalue weighted by atomic mass is 35.5. The molecule has 110 valence electrons. The number of aromatic amines is 1. The topological polar surface area (TPSA) is 66.0 Å². The Hall–Kier alpha value is -1.81. The molecule has 0 bridgehead atoms. The van der Waals surface area contributed by atoms with E-state index in [0.29, 0.717) is 22.3 Å². The Balaban J connectivity index is 2.00. The monoisotopic (exact) mass is 304 g/mol. The van der Waals surface area contributed by atoms with E-state index in [1.165, 1.54) is 0 Å². The first-order chi connectivity index (χ1) is 10.0. The third-order valence-electron chi connectivity index (χ3n) is 4.13. The predicted molar refractivity (Wildman–Crippen MR) is 82.7 cm³/mol. The van der Waals surface area contributed by atoms with E-state index < -0.39 is 0 Å². The van der Waals surface area contributed by atoms with Crippen LogP contribution >= 0.6 is 11.6 Å². The zero-order chi connectivity index (χ0) is 15.0.